The number of piperazine rings is 1. The summed E-state index contributed by atoms with van der Waals surface area (Å²) in [6, 6.07) is 5.17. The van der Waals surface area contributed by atoms with Crippen LogP contribution in [0.5, 0.6) is 0 Å². The van der Waals surface area contributed by atoms with E-state index in [-0.39, 0.29) is 75.0 Å². The summed E-state index contributed by atoms with van der Waals surface area (Å²) in [6.07, 6.45) is 0.276. The van der Waals surface area contributed by atoms with Gasteiger partial charge in [-0.1, -0.05) is 12.1 Å². The molecular weight excluding hydrogens is 409 g/mol. The summed E-state index contributed by atoms with van der Waals surface area (Å²) in [7, 11) is 0. The van der Waals surface area contributed by atoms with Gasteiger partial charge < -0.3 is 20.4 Å². The van der Waals surface area contributed by atoms with E-state index in [1.165, 1.54) is 21.9 Å². The molecular formula is C20H24FN5O5. The van der Waals surface area contributed by atoms with Crippen molar-refractivity contribution in [1.29, 1.82) is 0 Å². The number of benzene rings is 1. The minimum atomic E-state index is -0.522. The van der Waals surface area contributed by atoms with Gasteiger partial charge in [0.1, 0.15) is 12.4 Å². The zero-order valence-corrected chi connectivity index (χ0v) is 16.9. The molecule has 2 saturated heterocycles. The van der Waals surface area contributed by atoms with Gasteiger partial charge in [0.15, 0.2) is 0 Å². The van der Waals surface area contributed by atoms with Crippen molar-refractivity contribution in [1.82, 2.24) is 25.3 Å². The predicted octanol–water partition coefficient (Wildman–Crippen LogP) is -0.555. The molecule has 11 heteroatoms. The summed E-state index contributed by atoms with van der Waals surface area (Å²) < 4.78 is 12.9. The summed E-state index contributed by atoms with van der Waals surface area (Å²) in [4.78, 5) is 63.8. The molecule has 0 atom stereocenters. The standard InChI is InChI=1S/C20H24FN5O5/c21-15-3-1-14(2-4-15)11-22-20(31)23-12-18(29)24-7-9-25(10-8-24)19(30)13-26-16(27)5-6-17(26)28/h1-4H,5-13H2,(H2,22,23,31). The number of rotatable bonds is 6. The van der Waals surface area contributed by atoms with Gasteiger partial charge in [-0.15, -0.1) is 0 Å². The minimum Gasteiger partial charge on any atom is -0.338 e. The first kappa shape index (κ1) is 22.2. The Labute approximate surface area is 178 Å². The Morgan fingerprint density at radius 3 is 1.97 bits per heavy atom. The number of likely N-dealkylation sites (tertiary alicyclic amines) is 1. The first-order valence-electron chi connectivity index (χ1n) is 9.98. The van der Waals surface area contributed by atoms with E-state index in [2.05, 4.69) is 10.6 Å². The Morgan fingerprint density at radius 2 is 1.39 bits per heavy atom. The lowest BCUT2D eigenvalue weighted by molar-refractivity contribution is -0.147. The van der Waals surface area contributed by atoms with Crippen LogP contribution >= 0.6 is 0 Å². The van der Waals surface area contributed by atoms with Crippen LogP contribution < -0.4 is 10.6 Å². The van der Waals surface area contributed by atoms with E-state index >= 15 is 0 Å². The zero-order valence-electron chi connectivity index (χ0n) is 16.9. The third-order valence-electron chi connectivity index (χ3n) is 5.20. The van der Waals surface area contributed by atoms with Crippen molar-refractivity contribution in [2.75, 3.05) is 39.3 Å². The van der Waals surface area contributed by atoms with Crippen molar-refractivity contribution >= 4 is 29.7 Å². The van der Waals surface area contributed by atoms with E-state index in [9.17, 15) is 28.4 Å². The topological polar surface area (TPSA) is 119 Å². The molecule has 2 N–H and O–H groups in total. The van der Waals surface area contributed by atoms with Crippen LogP contribution in [0.3, 0.4) is 0 Å². The largest absolute Gasteiger partial charge is 0.338 e. The normalized spacial score (nSPS) is 16.5. The number of hydrogen-bond donors (Lipinski definition) is 2. The average Bonchev–Trinajstić information content (AvgIpc) is 3.09. The highest BCUT2D eigenvalue weighted by molar-refractivity contribution is 6.04. The Bertz CT molecular complexity index is 851. The van der Waals surface area contributed by atoms with Crippen LogP contribution in [0.1, 0.15) is 18.4 Å². The number of nitrogens with one attached hydrogen (secondary N) is 2. The maximum absolute atomic E-state index is 12.9. The van der Waals surface area contributed by atoms with Gasteiger partial charge in [0, 0.05) is 45.6 Å². The van der Waals surface area contributed by atoms with Crippen LogP contribution in [0.15, 0.2) is 24.3 Å². The van der Waals surface area contributed by atoms with Crippen molar-refractivity contribution in [3.63, 3.8) is 0 Å². The van der Waals surface area contributed by atoms with Gasteiger partial charge in [0.2, 0.25) is 23.6 Å². The van der Waals surface area contributed by atoms with E-state index < -0.39 is 6.03 Å². The van der Waals surface area contributed by atoms with Gasteiger partial charge in [-0.25, -0.2) is 9.18 Å². The fourth-order valence-electron chi connectivity index (χ4n) is 3.35. The molecule has 2 fully saturated rings. The van der Waals surface area contributed by atoms with Crippen molar-refractivity contribution in [2.24, 2.45) is 0 Å². The molecule has 0 bridgehead atoms. The molecule has 0 aliphatic carbocycles. The highest BCUT2D eigenvalue weighted by Gasteiger charge is 2.33. The quantitative estimate of drug-likeness (QED) is 0.584. The number of urea groups is 1. The molecule has 0 aromatic heterocycles. The summed E-state index contributed by atoms with van der Waals surface area (Å²) in [6.45, 7) is 0.913. The van der Waals surface area contributed by atoms with Gasteiger partial charge in [0.05, 0.1) is 6.54 Å². The molecule has 1 aromatic carbocycles. The Balaban J connectivity index is 1.35. The van der Waals surface area contributed by atoms with E-state index in [0.29, 0.717) is 13.1 Å². The first-order chi connectivity index (χ1) is 14.8. The lowest BCUT2D eigenvalue weighted by Crippen LogP contribution is -2.54. The maximum atomic E-state index is 12.9. The molecule has 3 rings (SSSR count). The van der Waals surface area contributed by atoms with Crippen molar-refractivity contribution in [2.45, 2.75) is 19.4 Å². The maximum Gasteiger partial charge on any atom is 0.315 e. The second kappa shape index (κ2) is 10.0. The van der Waals surface area contributed by atoms with Gasteiger partial charge in [0.25, 0.3) is 0 Å². The molecule has 2 aliphatic heterocycles. The molecule has 166 valence electrons. The Morgan fingerprint density at radius 1 is 0.839 bits per heavy atom. The van der Waals surface area contributed by atoms with Crippen LogP contribution in [-0.2, 0) is 25.7 Å². The second-order valence-corrected chi connectivity index (χ2v) is 7.30. The number of halogens is 1. The number of imide groups is 1. The Hall–Kier alpha value is -3.50. The van der Waals surface area contributed by atoms with Crippen LogP contribution in [0.4, 0.5) is 9.18 Å². The third-order valence-corrected chi connectivity index (χ3v) is 5.20. The molecule has 0 unspecified atom stereocenters. The lowest BCUT2D eigenvalue weighted by Gasteiger charge is -2.35. The van der Waals surface area contributed by atoms with E-state index in [1.807, 2.05) is 0 Å². The number of amides is 6. The molecule has 6 amide bonds. The molecule has 2 heterocycles. The van der Waals surface area contributed by atoms with Crippen molar-refractivity contribution in [3.05, 3.63) is 35.6 Å². The molecule has 0 radical (unpaired) electrons. The van der Waals surface area contributed by atoms with Crippen LogP contribution in [0.25, 0.3) is 0 Å². The Kier molecular flexibility index (Phi) is 7.16. The molecule has 0 spiro atoms. The molecule has 0 saturated carbocycles. The van der Waals surface area contributed by atoms with E-state index in [0.717, 1.165) is 10.5 Å². The van der Waals surface area contributed by atoms with Crippen LogP contribution in [0, 0.1) is 5.82 Å². The molecule has 1 aromatic rings. The van der Waals surface area contributed by atoms with E-state index in [1.54, 1.807) is 12.1 Å². The average molecular weight is 433 g/mol. The SMILES string of the molecule is O=C(NCC(=O)N1CCN(C(=O)CN2C(=O)CCC2=O)CC1)NCc1ccc(F)cc1. The predicted molar refractivity (Wildman–Crippen MR) is 106 cm³/mol. The summed E-state index contributed by atoms with van der Waals surface area (Å²) >= 11 is 0. The minimum absolute atomic E-state index is 0.138. The summed E-state index contributed by atoms with van der Waals surface area (Å²) in [5.41, 5.74) is 0.723. The number of hydrogen-bond acceptors (Lipinski definition) is 5. The summed E-state index contributed by atoms with van der Waals surface area (Å²) in [5, 5.41) is 5.06. The first-order valence-corrected chi connectivity index (χ1v) is 9.98. The third kappa shape index (κ3) is 6.00. The lowest BCUT2D eigenvalue weighted by atomic mass is 10.2. The van der Waals surface area contributed by atoms with Gasteiger partial charge in [-0.3, -0.25) is 24.1 Å². The van der Waals surface area contributed by atoms with Crippen LogP contribution in [-0.4, -0.2) is 83.6 Å². The molecule has 2 aliphatic rings. The van der Waals surface area contributed by atoms with Crippen LogP contribution in [0.2, 0.25) is 0 Å². The second-order valence-electron chi connectivity index (χ2n) is 7.30. The van der Waals surface area contributed by atoms with Crippen molar-refractivity contribution in [3.8, 4) is 0 Å². The van der Waals surface area contributed by atoms with Gasteiger partial charge in [-0.05, 0) is 17.7 Å². The fraction of sp³-hybridized carbons (Fsp3) is 0.450. The highest BCUT2D eigenvalue weighted by Crippen LogP contribution is 2.12. The fourth-order valence-corrected chi connectivity index (χ4v) is 3.35. The van der Waals surface area contributed by atoms with Gasteiger partial charge in [-0.2, -0.15) is 0 Å². The highest BCUT2D eigenvalue weighted by atomic mass is 19.1. The number of carbonyl (C=O) groups excluding carboxylic acids is 5. The summed E-state index contributed by atoms with van der Waals surface area (Å²) in [5.74, 6) is -1.64. The van der Waals surface area contributed by atoms with Gasteiger partial charge >= 0.3 is 6.03 Å². The molecule has 31 heavy (non-hydrogen) atoms. The number of nitrogens with zero attached hydrogens (tertiary/aromatic N) is 3. The zero-order chi connectivity index (χ0) is 22.4. The molecule has 10 nitrogen and oxygen atoms in total. The monoisotopic (exact) mass is 433 g/mol. The number of carbonyl (C=O) groups is 5. The van der Waals surface area contributed by atoms with Crippen molar-refractivity contribution < 1.29 is 28.4 Å². The van der Waals surface area contributed by atoms with E-state index in [4.69, 9.17) is 0 Å². The smallest absolute Gasteiger partial charge is 0.315 e.